The molecule has 0 atom stereocenters. The van der Waals surface area contributed by atoms with Crippen molar-refractivity contribution in [1.29, 1.82) is 0 Å². The van der Waals surface area contributed by atoms with Crippen molar-refractivity contribution >= 4 is 10.8 Å². The maximum atomic E-state index is 10.0. The van der Waals surface area contributed by atoms with Crippen LogP contribution in [-0.2, 0) is 0 Å². The van der Waals surface area contributed by atoms with E-state index in [-0.39, 0.29) is 0 Å². The van der Waals surface area contributed by atoms with E-state index in [9.17, 15) is 5.11 Å². The summed E-state index contributed by atoms with van der Waals surface area (Å²) in [5.41, 5.74) is 1.85. The second-order valence-electron chi connectivity index (χ2n) is 3.92. The normalized spacial score (nSPS) is 10.6. The topological polar surface area (TPSA) is 33.1 Å². The van der Waals surface area contributed by atoms with E-state index in [1.807, 2.05) is 42.5 Å². The molecule has 3 rings (SSSR count). The Morgan fingerprint density at radius 2 is 1.59 bits per heavy atom. The highest BCUT2D eigenvalue weighted by Gasteiger charge is 2.08. The Balaban J connectivity index is 2.39. The summed E-state index contributed by atoms with van der Waals surface area (Å²) in [6.45, 7) is 0. The van der Waals surface area contributed by atoms with Crippen molar-refractivity contribution in [3.8, 4) is 16.9 Å². The first kappa shape index (κ1) is 9.85. The average Bonchev–Trinajstić information content (AvgIpc) is 2.39. The first-order chi connectivity index (χ1) is 8.36. The lowest BCUT2D eigenvalue weighted by Gasteiger charge is -2.08. The van der Waals surface area contributed by atoms with E-state index in [1.54, 1.807) is 18.5 Å². The molecule has 0 aliphatic heterocycles. The third kappa shape index (κ3) is 1.64. The van der Waals surface area contributed by atoms with Crippen LogP contribution in [0, 0.1) is 0 Å². The smallest absolute Gasteiger partial charge is 0.124 e. The summed E-state index contributed by atoms with van der Waals surface area (Å²) in [5.74, 6) is 0.301. The summed E-state index contributed by atoms with van der Waals surface area (Å²) in [5, 5.41) is 12.2. The zero-order chi connectivity index (χ0) is 11.7. The Hall–Kier alpha value is -2.35. The highest BCUT2D eigenvalue weighted by molar-refractivity contribution is 5.99. The number of aromatic nitrogens is 1. The Kier molecular flexibility index (Phi) is 2.26. The standard InChI is InChI=1S/C15H11NO/c17-14-6-5-11-3-1-2-4-13(11)15(14)12-7-9-16-10-8-12/h1-10,17H. The van der Waals surface area contributed by atoms with Crippen molar-refractivity contribution in [2.75, 3.05) is 0 Å². The lowest BCUT2D eigenvalue weighted by Crippen LogP contribution is -1.83. The number of fused-ring (bicyclic) bond motifs is 1. The molecule has 1 aromatic heterocycles. The molecular formula is C15H11NO. The van der Waals surface area contributed by atoms with Crippen LogP contribution in [0.5, 0.6) is 5.75 Å². The van der Waals surface area contributed by atoms with Gasteiger partial charge >= 0.3 is 0 Å². The van der Waals surface area contributed by atoms with Crippen LogP contribution in [0.25, 0.3) is 21.9 Å². The van der Waals surface area contributed by atoms with Crippen LogP contribution in [0.15, 0.2) is 60.9 Å². The molecule has 17 heavy (non-hydrogen) atoms. The van der Waals surface area contributed by atoms with Crippen LogP contribution < -0.4 is 0 Å². The van der Waals surface area contributed by atoms with Gasteiger partial charge in [-0.15, -0.1) is 0 Å². The quantitative estimate of drug-likeness (QED) is 0.681. The molecule has 0 aliphatic carbocycles. The molecule has 82 valence electrons. The van der Waals surface area contributed by atoms with E-state index in [1.165, 1.54) is 0 Å². The van der Waals surface area contributed by atoms with Gasteiger partial charge in [0.05, 0.1) is 0 Å². The molecule has 2 nitrogen and oxygen atoms in total. The van der Waals surface area contributed by atoms with Crippen LogP contribution in [-0.4, -0.2) is 10.1 Å². The minimum absolute atomic E-state index is 0.301. The number of aromatic hydroxyl groups is 1. The molecule has 0 amide bonds. The van der Waals surface area contributed by atoms with Gasteiger partial charge in [-0.05, 0) is 34.5 Å². The molecule has 1 N–H and O–H groups in total. The molecule has 0 bridgehead atoms. The first-order valence-electron chi connectivity index (χ1n) is 5.47. The largest absolute Gasteiger partial charge is 0.507 e. The van der Waals surface area contributed by atoms with Crippen molar-refractivity contribution in [3.05, 3.63) is 60.9 Å². The molecule has 1 heterocycles. The van der Waals surface area contributed by atoms with Crippen molar-refractivity contribution < 1.29 is 5.11 Å². The number of hydrogen-bond acceptors (Lipinski definition) is 2. The van der Waals surface area contributed by atoms with E-state index in [2.05, 4.69) is 4.98 Å². The third-order valence-electron chi connectivity index (χ3n) is 2.88. The van der Waals surface area contributed by atoms with E-state index in [0.29, 0.717) is 5.75 Å². The van der Waals surface area contributed by atoms with Gasteiger partial charge in [-0.3, -0.25) is 4.98 Å². The highest BCUT2D eigenvalue weighted by Crippen LogP contribution is 2.35. The lowest BCUT2D eigenvalue weighted by atomic mass is 9.98. The third-order valence-corrected chi connectivity index (χ3v) is 2.88. The van der Waals surface area contributed by atoms with Crippen LogP contribution >= 0.6 is 0 Å². The Labute approximate surface area is 99.2 Å². The molecular weight excluding hydrogens is 210 g/mol. The molecule has 3 aromatic rings. The molecule has 0 radical (unpaired) electrons. The van der Waals surface area contributed by atoms with Gasteiger partial charge in [0.1, 0.15) is 5.75 Å². The van der Waals surface area contributed by atoms with Crippen LogP contribution in [0.1, 0.15) is 0 Å². The Morgan fingerprint density at radius 1 is 0.824 bits per heavy atom. The van der Waals surface area contributed by atoms with Crippen molar-refractivity contribution in [1.82, 2.24) is 4.98 Å². The second-order valence-corrected chi connectivity index (χ2v) is 3.92. The SMILES string of the molecule is Oc1ccc2ccccc2c1-c1ccncc1. The predicted molar refractivity (Wildman–Crippen MR) is 68.8 cm³/mol. The lowest BCUT2D eigenvalue weighted by molar-refractivity contribution is 0.478. The summed E-state index contributed by atoms with van der Waals surface area (Å²) in [6.07, 6.45) is 3.47. The number of pyridine rings is 1. The van der Waals surface area contributed by atoms with Gasteiger partial charge in [-0.25, -0.2) is 0 Å². The molecule has 2 aromatic carbocycles. The zero-order valence-corrected chi connectivity index (χ0v) is 9.17. The van der Waals surface area contributed by atoms with Crippen LogP contribution in [0.4, 0.5) is 0 Å². The summed E-state index contributed by atoms with van der Waals surface area (Å²) in [4.78, 5) is 4.00. The van der Waals surface area contributed by atoms with Crippen molar-refractivity contribution in [2.45, 2.75) is 0 Å². The van der Waals surface area contributed by atoms with Gasteiger partial charge in [0.15, 0.2) is 0 Å². The van der Waals surface area contributed by atoms with Crippen molar-refractivity contribution in [2.24, 2.45) is 0 Å². The van der Waals surface area contributed by atoms with E-state index in [4.69, 9.17) is 0 Å². The van der Waals surface area contributed by atoms with Crippen LogP contribution in [0.2, 0.25) is 0 Å². The van der Waals surface area contributed by atoms with Gasteiger partial charge in [0, 0.05) is 18.0 Å². The monoisotopic (exact) mass is 221 g/mol. The number of phenols is 1. The Bertz CT molecular complexity index is 662. The van der Waals surface area contributed by atoms with E-state index in [0.717, 1.165) is 21.9 Å². The Morgan fingerprint density at radius 3 is 2.41 bits per heavy atom. The van der Waals surface area contributed by atoms with Gasteiger partial charge in [-0.1, -0.05) is 30.3 Å². The number of phenolic OH excluding ortho intramolecular Hbond substituents is 1. The summed E-state index contributed by atoms with van der Waals surface area (Å²) in [7, 11) is 0. The number of benzene rings is 2. The fourth-order valence-corrected chi connectivity index (χ4v) is 2.08. The second kappa shape index (κ2) is 3.91. The summed E-state index contributed by atoms with van der Waals surface area (Å²) < 4.78 is 0. The van der Waals surface area contributed by atoms with Gasteiger partial charge < -0.3 is 5.11 Å². The molecule has 0 aliphatic rings. The maximum absolute atomic E-state index is 10.0. The summed E-state index contributed by atoms with van der Waals surface area (Å²) in [6, 6.07) is 15.5. The predicted octanol–water partition coefficient (Wildman–Crippen LogP) is 3.61. The van der Waals surface area contributed by atoms with E-state index < -0.39 is 0 Å². The molecule has 2 heteroatoms. The first-order valence-corrected chi connectivity index (χ1v) is 5.47. The fraction of sp³-hybridized carbons (Fsp3) is 0. The number of nitrogens with zero attached hydrogens (tertiary/aromatic N) is 1. The average molecular weight is 221 g/mol. The summed E-state index contributed by atoms with van der Waals surface area (Å²) >= 11 is 0. The minimum Gasteiger partial charge on any atom is -0.507 e. The molecule has 0 saturated carbocycles. The molecule has 0 unspecified atom stereocenters. The number of hydrogen-bond donors (Lipinski definition) is 1. The van der Waals surface area contributed by atoms with E-state index >= 15 is 0 Å². The van der Waals surface area contributed by atoms with Gasteiger partial charge in [-0.2, -0.15) is 0 Å². The highest BCUT2D eigenvalue weighted by atomic mass is 16.3. The molecule has 0 saturated heterocycles. The fourth-order valence-electron chi connectivity index (χ4n) is 2.08. The van der Waals surface area contributed by atoms with Crippen molar-refractivity contribution in [3.63, 3.8) is 0 Å². The minimum atomic E-state index is 0.301. The van der Waals surface area contributed by atoms with Gasteiger partial charge in [0.2, 0.25) is 0 Å². The zero-order valence-electron chi connectivity index (χ0n) is 9.17. The molecule has 0 fully saturated rings. The van der Waals surface area contributed by atoms with Gasteiger partial charge in [0.25, 0.3) is 0 Å². The maximum Gasteiger partial charge on any atom is 0.124 e. The molecule has 0 spiro atoms. The van der Waals surface area contributed by atoms with Crippen LogP contribution in [0.3, 0.4) is 0 Å². The number of rotatable bonds is 1.